The molecule has 1 atom stereocenters. The summed E-state index contributed by atoms with van der Waals surface area (Å²) in [5.41, 5.74) is 2.50. The molecule has 4 N–H and O–H groups in total. The number of carboxylic acid groups (broad SMARTS) is 1. The van der Waals surface area contributed by atoms with E-state index in [0.717, 1.165) is 5.56 Å². The van der Waals surface area contributed by atoms with Gasteiger partial charge in [-0.25, -0.2) is 9.18 Å². The van der Waals surface area contributed by atoms with E-state index in [-0.39, 0.29) is 13.0 Å². The Morgan fingerprint density at radius 1 is 1.17 bits per heavy atom. The third kappa shape index (κ3) is 4.98. The van der Waals surface area contributed by atoms with Gasteiger partial charge in [-0.2, -0.15) is 0 Å². The number of aromatic amines is 1. The average molecular weight is 397 g/mol. The highest BCUT2D eigenvalue weighted by atomic mass is 19.1. The fourth-order valence-electron chi connectivity index (χ4n) is 3.04. The molecule has 0 bridgehead atoms. The van der Waals surface area contributed by atoms with Crippen molar-refractivity contribution in [3.05, 3.63) is 71.2 Å². The van der Waals surface area contributed by atoms with Crippen LogP contribution in [-0.4, -0.2) is 40.5 Å². The van der Waals surface area contributed by atoms with E-state index in [1.807, 2.05) is 13.0 Å². The highest BCUT2D eigenvalue weighted by molar-refractivity contribution is 5.97. The highest BCUT2D eigenvalue weighted by Crippen LogP contribution is 2.20. The number of nitrogens with one attached hydrogen (secondary N) is 3. The van der Waals surface area contributed by atoms with E-state index in [4.69, 9.17) is 0 Å². The first-order valence-electron chi connectivity index (χ1n) is 8.96. The molecule has 2 amide bonds. The number of rotatable bonds is 7. The van der Waals surface area contributed by atoms with Crippen molar-refractivity contribution in [1.29, 1.82) is 0 Å². The Kier molecular flexibility index (Phi) is 5.92. The van der Waals surface area contributed by atoms with Crippen molar-refractivity contribution in [2.75, 3.05) is 6.54 Å². The van der Waals surface area contributed by atoms with Gasteiger partial charge in [0.15, 0.2) is 0 Å². The van der Waals surface area contributed by atoms with Crippen molar-refractivity contribution < 1.29 is 23.9 Å². The second-order valence-corrected chi connectivity index (χ2v) is 6.72. The van der Waals surface area contributed by atoms with E-state index >= 15 is 0 Å². The molecule has 1 aromatic heterocycles. The number of hydrogen-bond acceptors (Lipinski definition) is 3. The zero-order valence-corrected chi connectivity index (χ0v) is 15.7. The van der Waals surface area contributed by atoms with Gasteiger partial charge < -0.3 is 20.7 Å². The van der Waals surface area contributed by atoms with Crippen LogP contribution < -0.4 is 10.6 Å². The molecule has 0 fully saturated rings. The van der Waals surface area contributed by atoms with Crippen molar-refractivity contribution in [2.45, 2.75) is 19.4 Å². The molecular weight excluding hydrogens is 377 g/mol. The van der Waals surface area contributed by atoms with Crippen LogP contribution in [0, 0.1) is 12.7 Å². The first-order chi connectivity index (χ1) is 13.8. The number of aryl methyl sites for hydroxylation is 1. The number of benzene rings is 2. The second-order valence-electron chi connectivity index (χ2n) is 6.72. The fourth-order valence-corrected chi connectivity index (χ4v) is 3.04. The lowest BCUT2D eigenvalue weighted by molar-refractivity contribution is -0.141. The van der Waals surface area contributed by atoms with Gasteiger partial charge >= 0.3 is 5.97 Å². The average Bonchev–Trinajstić information content (AvgIpc) is 3.07. The molecule has 7 nitrogen and oxygen atoms in total. The predicted molar refractivity (Wildman–Crippen MR) is 105 cm³/mol. The third-order valence-electron chi connectivity index (χ3n) is 4.48. The number of aromatic nitrogens is 1. The molecule has 0 saturated carbocycles. The Balaban J connectivity index is 1.61. The van der Waals surface area contributed by atoms with Gasteiger partial charge in [0.1, 0.15) is 11.9 Å². The summed E-state index contributed by atoms with van der Waals surface area (Å²) >= 11 is 0. The van der Waals surface area contributed by atoms with Gasteiger partial charge in [0.25, 0.3) is 5.91 Å². The number of aliphatic carboxylic acids is 1. The van der Waals surface area contributed by atoms with Crippen molar-refractivity contribution in [2.24, 2.45) is 0 Å². The lowest BCUT2D eigenvalue weighted by atomic mass is 10.0. The summed E-state index contributed by atoms with van der Waals surface area (Å²) in [5, 5.41) is 15.0. The van der Waals surface area contributed by atoms with Gasteiger partial charge in [-0.05, 0) is 42.8 Å². The largest absolute Gasteiger partial charge is 0.480 e. The molecule has 29 heavy (non-hydrogen) atoms. The van der Waals surface area contributed by atoms with Gasteiger partial charge in [-0.15, -0.1) is 0 Å². The maximum atomic E-state index is 13.3. The van der Waals surface area contributed by atoms with E-state index in [1.54, 1.807) is 30.5 Å². The molecule has 3 rings (SSSR count). The minimum atomic E-state index is -1.21. The summed E-state index contributed by atoms with van der Waals surface area (Å²) in [6, 6.07) is 9.86. The molecule has 2 aromatic carbocycles. The molecule has 0 saturated heterocycles. The highest BCUT2D eigenvalue weighted by Gasteiger charge is 2.22. The summed E-state index contributed by atoms with van der Waals surface area (Å²) < 4.78 is 13.3. The second kappa shape index (κ2) is 8.55. The number of H-pyrrole nitrogens is 1. The molecule has 0 radical (unpaired) electrons. The molecule has 0 spiro atoms. The fraction of sp³-hybridized carbons (Fsp3) is 0.190. The van der Waals surface area contributed by atoms with Crippen molar-refractivity contribution in [3.63, 3.8) is 0 Å². The summed E-state index contributed by atoms with van der Waals surface area (Å²) in [4.78, 5) is 38.7. The van der Waals surface area contributed by atoms with E-state index in [9.17, 15) is 23.9 Å². The molecule has 1 heterocycles. The lowest BCUT2D eigenvalue weighted by Gasteiger charge is -2.14. The number of carbonyl (C=O) groups is 3. The standard InChI is InChI=1S/C21H20FN3O4/c1-12-3-2-4-13(7-12)20(27)24-11-19(26)25-18(21(28)29)8-14-10-23-17-9-15(22)5-6-16(14)17/h2-7,9-10,18,23H,8,11H2,1H3,(H,24,27)(H,25,26)(H,28,29). The van der Waals surface area contributed by atoms with Gasteiger partial charge in [-0.3, -0.25) is 9.59 Å². The SMILES string of the molecule is Cc1cccc(C(=O)NCC(=O)NC(Cc2c[nH]c3cc(F)ccc23)C(=O)O)c1. The van der Waals surface area contributed by atoms with Crippen molar-refractivity contribution >= 4 is 28.7 Å². The van der Waals surface area contributed by atoms with Gasteiger partial charge in [0, 0.05) is 29.1 Å². The van der Waals surface area contributed by atoms with Crippen LogP contribution in [0.1, 0.15) is 21.5 Å². The van der Waals surface area contributed by atoms with E-state index in [0.29, 0.717) is 22.0 Å². The molecular formula is C21H20FN3O4. The van der Waals surface area contributed by atoms with Gasteiger partial charge in [-0.1, -0.05) is 17.7 Å². The number of halogens is 1. The zero-order valence-electron chi connectivity index (χ0n) is 15.7. The quantitative estimate of drug-likeness (QED) is 0.489. The van der Waals surface area contributed by atoms with Crippen LogP contribution >= 0.6 is 0 Å². The monoisotopic (exact) mass is 397 g/mol. The van der Waals surface area contributed by atoms with Crippen LogP contribution in [0.5, 0.6) is 0 Å². The van der Waals surface area contributed by atoms with Gasteiger partial charge in [0.2, 0.25) is 5.91 Å². The number of carbonyl (C=O) groups excluding carboxylic acids is 2. The normalized spacial score (nSPS) is 11.8. The van der Waals surface area contributed by atoms with Crippen LogP contribution in [0.3, 0.4) is 0 Å². The summed E-state index contributed by atoms with van der Waals surface area (Å²) in [7, 11) is 0. The van der Waals surface area contributed by atoms with E-state index in [1.165, 1.54) is 12.1 Å². The Morgan fingerprint density at radius 2 is 1.97 bits per heavy atom. The third-order valence-corrected chi connectivity index (χ3v) is 4.48. The molecule has 0 aliphatic heterocycles. The summed E-state index contributed by atoms with van der Waals surface area (Å²) in [5.74, 6) is -2.66. The lowest BCUT2D eigenvalue weighted by Crippen LogP contribution is -2.46. The molecule has 0 aliphatic carbocycles. The first kappa shape index (κ1) is 20.1. The Labute approximate surface area is 165 Å². The Bertz CT molecular complexity index is 1080. The molecule has 1 unspecified atom stereocenters. The van der Waals surface area contributed by atoms with E-state index in [2.05, 4.69) is 15.6 Å². The minimum Gasteiger partial charge on any atom is -0.480 e. The van der Waals surface area contributed by atoms with Crippen molar-refractivity contribution in [3.8, 4) is 0 Å². The van der Waals surface area contributed by atoms with Crippen LogP contribution in [0.2, 0.25) is 0 Å². The summed E-state index contributed by atoms with van der Waals surface area (Å²) in [6.07, 6.45) is 1.60. The van der Waals surface area contributed by atoms with Crippen LogP contribution in [0.4, 0.5) is 4.39 Å². The number of fused-ring (bicyclic) bond motifs is 1. The van der Waals surface area contributed by atoms with E-state index < -0.39 is 29.6 Å². The number of carboxylic acids is 1. The molecule has 3 aromatic rings. The van der Waals surface area contributed by atoms with Crippen LogP contribution in [0.25, 0.3) is 10.9 Å². The van der Waals surface area contributed by atoms with Crippen molar-refractivity contribution in [1.82, 2.24) is 15.6 Å². The molecule has 0 aliphatic rings. The Hall–Kier alpha value is -3.68. The van der Waals surface area contributed by atoms with Crippen LogP contribution in [0.15, 0.2) is 48.7 Å². The summed E-state index contributed by atoms with van der Waals surface area (Å²) in [6.45, 7) is 1.50. The number of amides is 2. The predicted octanol–water partition coefficient (Wildman–Crippen LogP) is 2.16. The Morgan fingerprint density at radius 3 is 2.69 bits per heavy atom. The maximum absolute atomic E-state index is 13.3. The first-order valence-corrected chi connectivity index (χ1v) is 8.96. The minimum absolute atomic E-state index is 0.0124. The van der Waals surface area contributed by atoms with Gasteiger partial charge in [0.05, 0.1) is 6.54 Å². The molecule has 8 heteroatoms. The topological polar surface area (TPSA) is 111 Å². The molecule has 150 valence electrons. The smallest absolute Gasteiger partial charge is 0.326 e. The number of hydrogen-bond donors (Lipinski definition) is 4. The van der Waals surface area contributed by atoms with Crippen LogP contribution in [-0.2, 0) is 16.0 Å². The maximum Gasteiger partial charge on any atom is 0.326 e. The zero-order chi connectivity index (χ0) is 21.0.